The minimum Gasteiger partial charge on any atom is -0.344 e. The molecule has 6 heteroatoms. The quantitative estimate of drug-likeness (QED) is 0.137. The first-order valence-corrected chi connectivity index (χ1v) is 18.7. The fourth-order valence-corrected chi connectivity index (χ4v) is 7.83. The Hall–Kier alpha value is -4.32. The lowest BCUT2D eigenvalue weighted by Gasteiger charge is -2.27. The van der Waals surface area contributed by atoms with Crippen LogP contribution in [-0.4, -0.2) is 13.1 Å². The molecule has 0 aliphatic carbocycles. The monoisotopic (exact) mass is 674 g/mol. The SMILES string of the molecule is CCCCCCCN1/C(=C/C=c2c(=O)c(=O)c(=C/C=C3/N(CCCCCCC)c4ccccc4C3(C)C)c(=O)c2=O)C(C)(C)c2ccccc21. The van der Waals surface area contributed by atoms with Gasteiger partial charge in [-0.05, 0) is 60.4 Å². The number of para-hydroxylation sites is 2. The van der Waals surface area contributed by atoms with Crippen LogP contribution in [0, 0.1) is 0 Å². The summed E-state index contributed by atoms with van der Waals surface area (Å²) in [7, 11) is 0. The molecule has 0 atom stereocenters. The second-order valence-electron chi connectivity index (χ2n) is 15.0. The molecular formula is C44H54N2O4. The van der Waals surface area contributed by atoms with Crippen molar-refractivity contribution in [1.82, 2.24) is 0 Å². The Balaban J connectivity index is 1.55. The maximum atomic E-state index is 13.5. The molecule has 6 nitrogen and oxygen atoms in total. The number of unbranched alkanes of at least 4 members (excludes halogenated alkanes) is 8. The van der Waals surface area contributed by atoms with Gasteiger partial charge in [0.2, 0.25) is 21.7 Å². The molecular weight excluding hydrogens is 620 g/mol. The third-order valence-electron chi connectivity index (χ3n) is 10.8. The number of fused-ring (bicyclic) bond motifs is 2. The number of nitrogens with zero attached hydrogens (tertiary/aromatic N) is 2. The molecule has 2 aliphatic rings. The van der Waals surface area contributed by atoms with E-state index in [-0.39, 0.29) is 10.4 Å². The van der Waals surface area contributed by atoms with Crippen LogP contribution in [0.3, 0.4) is 0 Å². The van der Waals surface area contributed by atoms with E-state index >= 15 is 0 Å². The normalized spacial score (nSPS) is 17.4. The van der Waals surface area contributed by atoms with Gasteiger partial charge in [-0.15, -0.1) is 0 Å². The molecule has 0 radical (unpaired) electrons. The second kappa shape index (κ2) is 15.7. The summed E-state index contributed by atoms with van der Waals surface area (Å²) in [6, 6.07) is 16.5. The van der Waals surface area contributed by atoms with Gasteiger partial charge in [0.15, 0.2) is 0 Å². The largest absolute Gasteiger partial charge is 0.344 e. The Labute approximate surface area is 296 Å². The average Bonchev–Trinajstić information content (AvgIpc) is 3.45. The van der Waals surface area contributed by atoms with E-state index in [0.29, 0.717) is 0 Å². The van der Waals surface area contributed by atoms with Crippen LogP contribution < -0.4 is 42.0 Å². The molecule has 3 aromatic rings. The fourth-order valence-electron chi connectivity index (χ4n) is 7.83. The average molecular weight is 675 g/mol. The first-order chi connectivity index (χ1) is 24.0. The van der Waals surface area contributed by atoms with Gasteiger partial charge in [0.1, 0.15) is 0 Å². The molecule has 264 valence electrons. The van der Waals surface area contributed by atoms with Crippen molar-refractivity contribution in [2.24, 2.45) is 0 Å². The number of hydrogen-bond acceptors (Lipinski definition) is 6. The summed E-state index contributed by atoms with van der Waals surface area (Å²) in [4.78, 5) is 58.6. The highest BCUT2D eigenvalue weighted by Gasteiger charge is 2.40. The maximum Gasteiger partial charge on any atom is 0.237 e. The fraction of sp³-hybridized carbons (Fsp3) is 0.455. The molecule has 0 saturated carbocycles. The Bertz CT molecular complexity index is 1890. The van der Waals surface area contributed by atoms with Crippen LogP contribution in [0.25, 0.3) is 12.2 Å². The number of benzene rings is 3. The summed E-state index contributed by atoms with van der Waals surface area (Å²) in [6.45, 7) is 14.5. The predicted octanol–water partition coefficient (Wildman–Crippen LogP) is 6.87. The summed E-state index contributed by atoms with van der Waals surface area (Å²) < 4.78 is 0. The van der Waals surface area contributed by atoms with Crippen molar-refractivity contribution < 1.29 is 0 Å². The topological polar surface area (TPSA) is 74.8 Å². The summed E-state index contributed by atoms with van der Waals surface area (Å²) in [5, 5.41) is -0.733. The van der Waals surface area contributed by atoms with Crippen LogP contribution in [-0.2, 0) is 10.8 Å². The molecule has 0 unspecified atom stereocenters. The molecule has 50 heavy (non-hydrogen) atoms. The zero-order valence-electron chi connectivity index (χ0n) is 30.9. The minimum atomic E-state index is -0.933. The smallest absolute Gasteiger partial charge is 0.237 e. The van der Waals surface area contributed by atoms with Crippen molar-refractivity contribution in [3.63, 3.8) is 0 Å². The Morgan fingerprint density at radius 1 is 0.480 bits per heavy atom. The molecule has 3 aromatic carbocycles. The first kappa shape index (κ1) is 36.9. The summed E-state index contributed by atoms with van der Waals surface area (Å²) in [6.07, 6.45) is 17.7. The lowest BCUT2D eigenvalue weighted by Crippen LogP contribution is -2.64. The Morgan fingerprint density at radius 2 is 0.820 bits per heavy atom. The minimum absolute atomic E-state index is 0.366. The first-order valence-electron chi connectivity index (χ1n) is 18.7. The van der Waals surface area contributed by atoms with Gasteiger partial charge in [-0.2, -0.15) is 0 Å². The van der Waals surface area contributed by atoms with Crippen molar-refractivity contribution >= 4 is 23.5 Å². The van der Waals surface area contributed by atoms with Gasteiger partial charge in [0, 0.05) is 46.7 Å². The van der Waals surface area contributed by atoms with Gasteiger partial charge in [-0.25, -0.2) is 0 Å². The van der Waals surface area contributed by atoms with Crippen LogP contribution in [0.5, 0.6) is 0 Å². The lowest BCUT2D eigenvalue weighted by atomic mass is 9.83. The maximum absolute atomic E-state index is 13.5. The van der Waals surface area contributed by atoms with Gasteiger partial charge in [0.05, 0.1) is 10.4 Å². The molecule has 0 bridgehead atoms. The lowest BCUT2D eigenvalue weighted by molar-refractivity contribution is 0.603. The van der Waals surface area contributed by atoms with E-state index in [9.17, 15) is 19.2 Å². The third kappa shape index (κ3) is 7.12. The van der Waals surface area contributed by atoms with E-state index in [1.54, 1.807) is 12.2 Å². The van der Waals surface area contributed by atoms with Crippen LogP contribution in [0.15, 0.2) is 91.3 Å². The van der Waals surface area contributed by atoms with Gasteiger partial charge in [-0.3, -0.25) is 19.2 Å². The summed E-state index contributed by atoms with van der Waals surface area (Å²) in [5.74, 6) is 0. The molecule has 0 N–H and O–H groups in total. The van der Waals surface area contributed by atoms with Gasteiger partial charge in [0.25, 0.3) is 0 Å². The number of rotatable bonds is 14. The molecule has 0 saturated heterocycles. The Morgan fingerprint density at radius 3 is 1.18 bits per heavy atom. The molecule has 2 heterocycles. The van der Waals surface area contributed by atoms with E-state index < -0.39 is 32.5 Å². The van der Waals surface area contributed by atoms with Gasteiger partial charge < -0.3 is 9.80 Å². The van der Waals surface area contributed by atoms with E-state index in [2.05, 4.69) is 75.6 Å². The van der Waals surface area contributed by atoms with E-state index in [1.165, 1.54) is 50.7 Å². The zero-order chi connectivity index (χ0) is 36.1. The number of allylic oxidation sites excluding steroid dienone is 4. The van der Waals surface area contributed by atoms with Crippen molar-refractivity contribution in [2.45, 2.75) is 117 Å². The van der Waals surface area contributed by atoms with E-state index in [4.69, 9.17) is 0 Å². The second-order valence-corrected chi connectivity index (χ2v) is 15.0. The molecule has 0 aromatic heterocycles. The number of anilines is 2. The van der Waals surface area contributed by atoms with Gasteiger partial charge in [-0.1, -0.05) is 129 Å². The molecule has 0 fully saturated rings. The Kier molecular flexibility index (Phi) is 11.6. The predicted molar refractivity (Wildman–Crippen MR) is 209 cm³/mol. The molecule has 2 aliphatic heterocycles. The van der Waals surface area contributed by atoms with Crippen LogP contribution in [0.1, 0.15) is 117 Å². The highest BCUT2D eigenvalue weighted by molar-refractivity contribution is 5.73. The van der Waals surface area contributed by atoms with Crippen LogP contribution >= 0.6 is 0 Å². The van der Waals surface area contributed by atoms with Crippen molar-refractivity contribution in [3.8, 4) is 0 Å². The van der Waals surface area contributed by atoms with Crippen LogP contribution in [0.2, 0.25) is 0 Å². The van der Waals surface area contributed by atoms with E-state index in [0.717, 1.165) is 72.7 Å². The number of hydrogen-bond donors (Lipinski definition) is 0. The highest BCUT2D eigenvalue weighted by Crippen LogP contribution is 2.48. The summed E-state index contributed by atoms with van der Waals surface area (Å²) >= 11 is 0. The van der Waals surface area contributed by atoms with Crippen molar-refractivity contribution in [2.75, 3.05) is 22.9 Å². The summed E-state index contributed by atoms with van der Waals surface area (Å²) in [5.41, 5.74) is 1.90. The molecule has 0 spiro atoms. The molecule has 0 amide bonds. The highest BCUT2D eigenvalue weighted by atomic mass is 16.2. The van der Waals surface area contributed by atoms with Gasteiger partial charge >= 0.3 is 0 Å². The van der Waals surface area contributed by atoms with Crippen LogP contribution in [0.4, 0.5) is 11.4 Å². The molecule has 5 rings (SSSR count). The standard InChI is InChI=1S/C44H54N2O4/c1-7-9-11-13-19-29-45-35-23-17-15-21-33(35)43(3,4)37(45)27-25-31-39(47)41(49)32(42(50)40(31)48)26-28-38-44(5,6)34-22-16-18-24-36(34)46(38)30-20-14-12-10-8-2/h15-18,21-28H,7-14,19-20,29-30H2,1-6H3/b31-25?,32-26?,37-27+,38-28+. The van der Waals surface area contributed by atoms with E-state index in [1.807, 2.05) is 24.3 Å². The van der Waals surface area contributed by atoms with Crippen molar-refractivity contribution in [3.05, 3.63) is 135 Å². The zero-order valence-corrected chi connectivity index (χ0v) is 30.9. The van der Waals surface area contributed by atoms with Crippen molar-refractivity contribution in [1.29, 1.82) is 0 Å². The third-order valence-corrected chi connectivity index (χ3v) is 10.8.